The van der Waals surface area contributed by atoms with E-state index in [1.807, 2.05) is 0 Å². The van der Waals surface area contributed by atoms with Crippen molar-refractivity contribution in [3.63, 3.8) is 0 Å². The van der Waals surface area contributed by atoms with Gasteiger partial charge in [-0.05, 0) is 12.2 Å². The monoisotopic (exact) mass is 271 g/mol. The fraction of sp³-hybridized carbons (Fsp3) is 0.357. The number of carbonyl (C=O) groups is 1. The molecule has 0 fully saturated rings. The van der Waals surface area contributed by atoms with E-state index in [1.54, 1.807) is 25.5 Å². The van der Waals surface area contributed by atoms with Gasteiger partial charge < -0.3 is 0 Å². The van der Waals surface area contributed by atoms with E-state index in [9.17, 15) is 4.79 Å². The average molecular weight is 271 g/mol. The fourth-order valence-corrected chi connectivity index (χ4v) is 1.53. The smallest absolute Gasteiger partial charge is 0.207 e. The van der Waals surface area contributed by atoms with E-state index in [1.165, 1.54) is 17.1 Å². The number of carbonyl (C=O) groups excluding carboxylic acids is 1. The van der Waals surface area contributed by atoms with Crippen LogP contribution in [0, 0.1) is 0 Å². The molecule has 104 valence electrons. The number of hydrogen-bond acceptors (Lipinski definition) is 5. The maximum Gasteiger partial charge on any atom is 0.207 e. The van der Waals surface area contributed by atoms with E-state index >= 15 is 0 Å². The minimum absolute atomic E-state index is 0.0856. The van der Waals surface area contributed by atoms with Crippen LogP contribution in [-0.4, -0.2) is 30.7 Å². The molecular formula is C14H17N5O. The molecule has 0 saturated heterocycles. The topological polar surface area (TPSA) is 73.6 Å². The Labute approximate surface area is 117 Å². The van der Waals surface area contributed by atoms with Crippen LogP contribution in [0.3, 0.4) is 0 Å². The van der Waals surface area contributed by atoms with Crippen LogP contribution in [0.15, 0.2) is 24.7 Å². The highest BCUT2D eigenvalue weighted by molar-refractivity contribution is 6.05. The molecule has 0 unspecified atom stereocenters. The van der Waals surface area contributed by atoms with Crippen LogP contribution in [0.1, 0.15) is 42.6 Å². The number of aromatic nitrogens is 5. The lowest BCUT2D eigenvalue weighted by Crippen LogP contribution is -2.15. The van der Waals surface area contributed by atoms with Gasteiger partial charge in [0.05, 0.1) is 6.20 Å². The average Bonchev–Trinajstić information content (AvgIpc) is 2.82. The predicted molar refractivity (Wildman–Crippen MR) is 75.1 cm³/mol. The summed E-state index contributed by atoms with van der Waals surface area (Å²) in [6.45, 7) is 6.15. The van der Waals surface area contributed by atoms with Crippen molar-refractivity contribution in [2.45, 2.75) is 26.2 Å². The van der Waals surface area contributed by atoms with Crippen molar-refractivity contribution in [3.8, 4) is 0 Å². The van der Waals surface area contributed by atoms with Crippen LogP contribution in [0.4, 0.5) is 0 Å². The summed E-state index contributed by atoms with van der Waals surface area (Å²) in [4.78, 5) is 21.8. The highest BCUT2D eigenvalue weighted by Crippen LogP contribution is 2.17. The van der Waals surface area contributed by atoms with Crippen molar-refractivity contribution >= 4 is 11.9 Å². The van der Waals surface area contributed by atoms with Gasteiger partial charge >= 0.3 is 0 Å². The first-order valence-electron chi connectivity index (χ1n) is 6.27. The standard InChI is InChI=1S/C14H17N5O/c1-14(2,3)13-15-7-10(8-16-13)5-6-12(20)11-9-17-19(4)18-11/h5-9H,1-4H3/b6-5+. The lowest BCUT2D eigenvalue weighted by molar-refractivity contribution is 0.104. The van der Waals surface area contributed by atoms with Crippen LogP contribution in [0.25, 0.3) is 6.08 Å². The van der Waals surface area contributed by atoms with Crippen molar-refractivity contribution in [2.75, 3.05) is 0 Å². The number of allylic oxidation sites excluding steroid dienone is 1. The molecule has 0 bridgehead atoms. The molecule has 0 aliphatic rings. The Bertz CT molecular complexity index is 634. The highest BCUT2D eigenvalue weighted by atomic mass is 16.1. The van der Waals surface area contributed by atoms with E-state index in [4.69, 9.17) is 0 Å². The Morgan fingerprint density at radius 2 is 1.85 bits per heavy atom. The van der Waals surface area contributed by atoms with Crippen molar-refractivity contribution in [2.24, 2.45) is 7.05 Å². The second kappa shape index (κ2) is 5.32. The first kappa shape index (κ1) is 14.0. The summed E-state index contributed by atoms with van der Waals surface area (Å²) in [6.07, 6.45) is 7.96. The minimum atomic E-state index is -0.196. The molecule has 0 spiro atoms. The van der Waals surface area contributed by atoms with Gasteiger partial charge in [0.2, 0.25) is 5.78 Å². The second-order valence-corrected chi connectivity index (χ2v) is 5.51. The lowest BCUT2D eigenvalue weighted by Gasteiger charge is -2.15. The van der Waals surface area contributed by atoms with Gasteiger partial charge in [-0.25, -0.2) is 9.97 Å². The predicted octanol–water partition coefficient (Wildman–Crippen LogP) is 1.80. The van der Waals surface area contributed by atoms with E-state index in [0.29, 0.717) is 5.69 Å². The van der Waals surface area contributed by atoms with E-state index in [0.717, 1.165) is 11.4 Å². The number of ketones is 1. The van der Waals surface area contributed by atoms with Gasteiger partial charge in [0.1, 0.15) is 5.82 Å². The van der Waals surface area contributed by atoms with Crippen LogP contribution in [-0.2, 0) is 12.5 Å². The fourth-order valence-electron chi connectivity index (χ4n) is 1.53. The number of hydrogen-bond donors (Lipinski definition) is 0. The van der Waals surface area contributed by atoms with Crippen molar-refractivity contribution in [1.29, 1.82) is 0 Å². The molecule has 2 aromatic heterocycles. The first-order chi connectivity index (χ1) is 9.36. The summed E-state index contributed by atoms with van der Waals surface area (Å²) < 4.78 is 0. The molecule has 20 heavy (non-hydrogen) atoms. The largest absolute Gasteiger partial charge is 0.287 e. The Morgan fingerprint density at radius 1 is 1.20 bits per heavy atom. The molecule has 0 aliphatic carbocycles. The zero-order chi connectivity index (χ0) is 14.8. The third kappa shape index (κ3) is 3.34. The molecule has 0 aromatic carbocycles. The normalized spacial score (nSPS) is 12.0. The Kier molecular flexibility index (Phi) is 3.74. The van der Waals surface area contributed by atoms with Crippen molar-refractivity contribution < 1.29 is 4.79 Å². The third-order valence-corrected chi connectivity index (χ3v) is 2.62. The zero-order valence-corrected chi connectivity index (χ0v) is 12.0. The van der Waals surface area contributed by atoms with Gasteiger partial charge in [-0.15, -0.1) is 0 Å². The maximum atomic E-state index is 11.8. The molecule has 6 heteroatoms. The van der Waals surface area contributed by atoms with E-state index in [-0.39, 0.29) is 11.2 Å². The molecule has 0 radical (unpaired) electrons. The molecule has 0 N–H and O–H groups in total. The van der Waals surface area contributed by atoms with Gasteiger partial charge in [-0.3, -0.25) is 4.79 Å². The molecular weight excluding hydrogens is 254 g/mol. The molecule has 0 saturated carbocycles. The van der Waals surface area contributed by atoms with Gasteiger partial charge in [-0.2, -0.15) is 15.0 Å². The number of nitrogens with zero attached hydrogens (tertiary/aromatic N) is 5. The van der Waals surface area contributed by atoms with Crippen molar-refractivity contribution in [1.82, 2.24) is 25.0 Å². The third-order valence-electron chi connectivity index (χ3n) is 2.62. The summed E-state index contributed by atoms with van der Waals surface area (Å²) >= 11 is 0. The maximum absolute atomic E-state index is 11.8. The summed E-state index contributed by atoms with van der Waals surface area (Å²) in [5.41, 5.74) is 1.00. The van der Waals surface area contributed by atoms with Crippen molar-refractivity contribution in [3.05, 3.63) is 41.7 Å². The van der Waals surface area contributed by atoms with E-state index < -0.39 is 0 Å². The van der Waals surface area contributed by atoms with Gasteiger partial charge in [0.15, 0.2) is 5.69 Å². The van der Waals surface area contributed by atoms with Gasteiger partial charge in [0, 0.05) is 30.4 Å². The quantitative estimate of drug-likeness (QED) is 0.628. The second-order valence-electron chi connectivity index (χ2n) is 5.51. The number of aryl methyl sites for hydroxylation is 1. The van der Waals surface area contributed by atoms with Gasteiger partial charge in [-0.1, -0.05) is 20.8 Å². The molecule has 0 atom stereocenters. The Balaban J connectivity index is 2.10. The van der Waals surface area contributed by atoms with Crippen LogP contribution in [0.2, 0.25) is 0 Å². The van der Waals surface area contributed by atoms with E-state index in [2.05, 4.69) is 40.9 Å². The molecule has 0 aliphatic heterocycles. The molecule has 0 amide bonds. The first-order valence-corrected chi connectivity index (χ1v) is 6.27. The summed E-state index contributed by atoms with van der Waals surface area (Å²) in [5, 5.41) is 7.80. The summed E-state index contributed by atoms with van der Waals surface area (Å²) in [7, 11) is 1.67. The minimum Gasteiger partial charge on any atom is -0.287 e. The summed E-state index contributed by atoms with van der Waals surface area (Å²) in [6, 6.07) is 0. The lowest BCUT2D eigenvalue weighted by atomic mass is 9.96. The SMILES string of the molecule is Cn1ncc(C(=O)/C=C/c2cnc(C(C)(C)C)nc2)n1. The van der Waals surface area contributed by atoms with Crippen LogP contribution < -0.4 is 0 Å². The van der Waals surface area contributed by atoms with Crippen LogP contribution >= 0.6 is 0 Å². The van der Waals surface area contributed by atoms with Crippen LogP contribution in [0.5, 0.6) is 0 Å². The highest BCUT2D eigenvalue weighted by Gasteiger charge is 2.16. The van der Waals surface area contributed by atoms with Gasteiger partial charge in [0.25, 0.3) is 0 Å². The molecule has 2 rings (SSSR count). The number of rotatable bonds is 3. The zero-order valence-electron chi connectivity index (χ0n) is 12.0. The molecule has 2 heterocycles. The summed E-state index contributed by atoms with van der Waals surface area (Å²) in [5.74, 6) is 0.577. The Morgan fingerprint density at radius 3 is 2.35 bits per heavy atom. The molecule has 6 nitrogen and oxygen atoms in total. The Hall–Kier alpha value is -2.37. The molecule has 2 aromatic rings.